The number of benzene rings is 2. The first-order valence-corrected chi connectivity index (χ1v) is 8.91. The summed E-state index contributed by atoms with van der Waals surface area (Å²) in [5.74, 6) is -0.364. The summed E-state index contributed by atoms with van der Waals surface area (Å²) in [6.07, 6.45) is -2.38. The number of amides is 1. The van der Waals surface area contributed by atoms with Gasteiger partial charge in [0.15, 0.2) is 6.61 Å². The predicted molar refractivity (Wildman–Crippen MR) is 107 cm³/mol. The van der Waals surface area contributed by atoms with Crippen LogP contribution < -0.4 is 15.5 Å². The summed E-state index contributed by atoms with van der Waals surface area (Å²) in [5, 5.41) is 6.51. The van der Waals surface area contributed by atoms with Gasteiger partial charge in [0, 0.05) is 17.4 Å². The number of hydrazone groups is 1. The molecule has 0 fully saturated rings. The molecular formula is C21H16F4N4O2. The molecule has 3 rings (SSSR count). The van der Waals surface area contributed by atoms with E-state index in [1.165, 1.54) is 30.5 Å². The van der Waals surface area contributed by atoms with Crippen molar-refractivity contribution in [3.8, 4) is 5.75 Å². The molecule has 1 aromatic heterocycles. The van der Waals surface area contributed by atoms with Crippen molar-refractivity contribution in [2.75, 3.05) is 17.3 Å². The maximum atomic E-state index is 12.9. The number of nitrogens with zero attached hydrogens (tertiary/aromatic N) is 2. The maximum absolute atomic E-state index is 12.9. The largest absolute Gasteiger partial charge is 0.483 e. The van der Waals surface area contributed by atoms with E-state index in [0.717, 1.165) is 12.1 Å². The molecule has 1 amide bonds. The van der Waals surface area contributed by atoms with Crippen molar-refractivity contribution < 1.29 is 27.1 Å². The van der Waals surface area contributed by atoms with E-state index in [-0.39, 0.29) is 12.4 Å². The number of alkyl halides is 3. The first kappa shape index (κ1) is 21.8. The van der Waals surface area contributed by atoms with Gasteiger partial charge in [-0.05, 0) is 48.5 Å². The van der Waals surface area contributed by atoms with E-state index in [4.69, 9.17) is 4.74 Å². The van der Waals surface area contributed by atoms with Gasteiger partial charge in [-0.25, -0.2) is 9.37 Å². The van der Waals surface area contributed by atoms with Crippen LogP contribution in [0.5, 0.6) is 5.75 Å². The molecule has 160 valence electrons. The number of ether oxygens (including phenoxy) is 1. The lowest BCUT2D eigenvalue weighted by Crippen LogP contribution is -2.20. The van der Waals surface area contributed by atoms with Gasteiger partial charge in [-0.1, -0.05) is 12.1 Å². The molecule has 3 aromatic rings. The van der Waals surface area contributed by atoms with Crippen molar-refractivity contribution in [2.24, 2.45) is 5.10 Å². The third-order valence-corrected chi connectivity index (χ3v) is 3.88. The van der Waals surface area contributed by atoms with Gasteiger partial charge in [-0.15, -0.1) is 0 Å². The fourth-order valence-corrected chi connectivity index (χ4v) is 2.39. The minimum Gasteiger partial charge on any atom is -0.483 e. The molecule has 0 unspecified atom stereocenters. The number of rotatable bonds is 7. The number of para-hydroxylation sites is 1. The highest BCUT2D eigenvalue weighted by Gasteiger charge is 2.30. The number of halogens is 4. The van der Waals surface area contributed by atoms with Gasteiger partial charge in [0.2, 0.25) is 0 Å². The van der Waals surface area contributed by atoms with Crippen LogP contribution in [0.4, 0.5) is 29.1 Å². The second-order valence-corrected chi connectivity index (χ2v) is 6.18. The van der Waals surface area contributed by atoms with Gasteiger partial charge in [-0.3, -0.25) is 10.2 Å². The standard InChI is InChI=1S/C21H16F4N4O2/c22-16-6-8-17(9-7-16)28-20(30)13-31-18-4-2-1-3-14(18)11-27-29-19-10-5-15(12-26-19)21(23,24)25/h1-12H,13H2,(H,26,29)(H,28,30)/b27-11-. The summed E-state index contributed by atoms with van der Waals surface area (Å²) in [4.78, 5) is 15.7. The lowest BCUT2D eigenvalue weighted by atomic mass is 10.2. The quantitative estimate of drug-likeness (QED) is 0.322. The van der Waals surface area contributed by atoms with Crippen LogP contribution in [-0.4, -0.2) is 23.7 Å². The van der Waals surface area contributed by atoms with E-state index in [1.54, 1.807) is 24.3 Å². The maximum Gasteiger partial charge on any atom is 0.417 e. The van der Waals surface area contributed by atoms with E-state index in [1.807, 2.05) is 0 Å². The average Bonchev–Trinajstić information content (AvgIpc) is 2.74. The van der Waals surface area contributed by atoms with Crippen molar-refractivity contribution in [3.63, 3.8) is 0 Å². The third-order valence-electron chi connectivity index (χ3n) is 3.88. The number of aromatic nitrogens is 1. The normalized spacial score (nSPS) is 11.4. The summed E-state index contributed by atoms with van der Waals surface area (Å²) in [5.41, 5.74) is 2.62. The summed E-state index contributed by atoms with van der Waals surface area (Å²) >= 11 is 0. The molecule has 0 saturated carbocycles. The number of carbonyl (C=O) groups excluding carboxylic acids is 1. The highest BCUT2D eigenvalue weighted by molar-refractivity contribution is 5.92. The fraction of sp³-hybridized carbons (Fsp3) is 0.0952. The van der Waals surface area contributed by atoms with Crippen LogP contribution in [0.25, 0.3) is 0 Å². The minimum atomic E-state index is -4.46. The smallest absolute Gasteiger partial charge is 0.417 e. The number of hydrogen-bond acceptors (Lipinski definition) is 5. The Bertz CT molecular complexity index is 1050. The van der Waals surface area contributed by atoms with Crippen LogP contribution in [0.15, 0.2) is 72.0 Å². The molecule has 2 aromatic carbocycles. The Kier molecular flexibility index (Phi) is 6.81. The molecule has 31 heavy (non-hydrogen) atoms. The van der Waals surface area contributed by atoms with E-state index < -0.39 is 23.5 Å². The van der Waals surface area contributed by atoms with Crippen molar-refractivity contribution in [1.82, 2.24) is 4.98 Å². The van der Waals surface area contributed by atoms with Crippen molar-refractivity contribution in [1.29, 1.82) is 0 Å². The van der Waals surface area contributed by atoms with Crippen LogP contribution >= 0.6 is 0 Å². The molecule has 0 atom stereocenters. The SMILES string of the molecule is O=C(COc1ccccc1/C=N\Nc1ccc(C(F)(F)F)cn1)Nc1ccc(F)cc1. The average molecular weight is 432 g/mol. The molecule has 2 N–H and O–H groups in total. The van der Waals surface area contributed by atoms with Gasteiger partial charge < -0.3 is 10.1 Å². The zero-order valence-electron chi connectivity index (χ0n) is 15.9. The Hall–Kier alpha value is -3.95. The van der Waals surface area contributed by atoms with Crippen molar-refractivity contribution in [2.45, 2.75) is 6.18 Å². The van der Waals surface area contributed by atoms with Crippen molar-refractivity contribution >= 4 is 23.6 Å². The Balaban J connectivity index is 1.57. The molecular weight excluding hydrogens is 416 g/mol. The molecule has 6 nitrogen and oxygen atoms in total. The van der Waals surface area contributed by atoms with E-state index in [0.29, 0.717) is 23.2 Å². The molecule has 0 bridgehead atoms. The van der Waals surface area contributed by atoms with Gasteiger partial charge in [0.25, 0.3) is 5.91 Å². The monoisotopic (exact) mass is 432 g/mol. The number of hydrogen-bond donors (Lipinski definition) is 2. The van der Waals surface area contributed by atoms with Gasteiger partial charge in [0.05, 0.1) is 11.8 Å². The van der Waals surface area contributed by atoms with E-state index >= 15 is 0 Å². The number of carbonyl (C=O) groups is 1. The van der Waals surface area contributed by atoms with Crippen LogP contribution in [-0.2, 0) is 11.0 Å². The Morgan fingerprint density at radius 3 is 2.48 bits per heavy atom. The number of nitrogens with one attached hydrogen (secondary N) is 2. The van der Waals surface area contributed by atoms with Crippen molar-refractivity contribution in [3.05, 3.63) is 83.8 Å². The minimum absolute atomic E-state index is 0.126. The Morgan fingerprint density at radius 1 is 1.06 bits per heavy atom. The van der Waals surface area contributed by atoms with Crippen LogP contribution in [0, 0.1) is 5.82 Å². The summed E-state index contributed by atoms with van der Waals surface area (Å²) in [6.45, 7) is -0.296. The predicted octanol–water partition coefficient (Wildman–Crippen LogP) is 4.70. The highest BCUT2D eigenvalue weighted by atomic mass is 19.4. The number of pyridine rings is 1. The molecule has 0 aliphatic rings. The topological polar surface area (TPSA) is 75.6 Å². The van der Waals surface area contributed by atoms with Gasteiger partial charge in [-0.2, -0.15) is 18.3 Å². The third kappa shape index (κ3) is 6.53. The molecule has 1 heterocycles. The molecule has 0 aliphatic heterocycles. The lowest BCUT2D eigenvalue weighted by molar-refractivity contribution is -0.137. The summed E-state index contributed by atoms with van der Waals surface area (Å²) in [7, 11) is 0. The van der Waals surface area contributed by atoms with Crippen LogP contribution in [0.1, 0.15) is 11.1 Å². The fourth-order valence-electron chi connectivity index (χ4n) is 2.39. The second-order valence-electron chi connectivity index (χ2n) is 6.18. The zero-order chi connectivity index (χ0) is 22.3. The van der Waals surface area contributed by atoms with Crippen LogP contribution in [0.2, 0.25) is 0 Å². The van der Waals surface area contributed by atoms with E-state index in [2.05, 4.69) is 20.8 Å². The van der Waals surface area contributed by atoms with Crippen LogP contribution in [0.3, 0.4) is 0 Å². The zero-order valence-corrected chi connectivity index (χ0v) is 15.9. The summed E-state index contributed by atoms with van der Waals surface area (Å²) in [6, 6.07) is 14.1. The molecule has 0 spiro atoms. The molecule has 10 heteroatoms. The first-order chi connectivity index (χ1) is 14.8. The number of anilines is 2. The Labute approximate surface area is 174 Å². The Morgan fingerprint density at radius 2 is 1.81 bits per heavy atom. The molecule has 0 aliphatic carbocycles. The highest BCUT2D eigenvalue weighted by Crippen LogP contribution is 2.28. The van der Waals surface area contributed by atoms with E-state index in [9.17, 15) is 22.4 Å². The molecule has 0 saturated heterocycles. The summed E-state index contributed by atoms with van der Waals surface area (Å²) < 4.78 is 56.1. The first-order valence-electron chi connectivity index (χ1n) is 8.91. The van der Waals surface area contributed by atoms with Gasteiger partial charge in [0.1, 0.15) is 17.4 Å². The second kappa shape index (κ2) is 9.70. The lowest BCUT2D eigenvalue weighted by Gasteiger charge is -2.09. The van der Waals surface area contributed by atoms with Gasteiger partial charge >= 0.3 is 6.18 Å². The molecule has 0 radical (unpaired) electrons.